The highest BCUT2D eigenvalue weighted by atomic mass is 127. The van der Waals surface area contributed by atoms with Gasteiger partial charge in [0.15, 0.2) is 5.96 Å². The van der Waals surface area contributed by atoms with Crippen LogP contribution in [0.25, 0.3) is 0 Å². The molecule has 1 heterocycles. The first kappa shape index (κ1) is 20.5. The van der Waals surface area contributed by atoms with E-state index in [1.165, 1.54) is 9.75 Å². The van der Waals surface area contributed by atoms with Gasteiger partial charge in [0.25, 0.3) is 0 Å². The Labute approximate surface area is 165 Å². The number of benzene rings is 1. The number of halogens is 1. The number of hydrogen-bond donors (Lipinski definition) is 2. The average molecular weight is 457 g/mol. The minimum atomic E-state index is 0. The van der Waals surface area contributed by atoms with Crippen molar-refractivity contribution in [2.75, 3.05) is 13.7 Å². The number of rotatable bonds is 7. The van der Waals surface area contributed by atoms with Crippen LogP contribution in [-0.2, 0) is 13.1 Å². The molecular formula is C18H24IN3OS. The monoisotopic (exact) mass is 457 g/mol. The van der Waals surface area contributed by atoms with Gasteiger partial charge in [0.2, 0.25) is 0 Å². The fraction of sp³-hybridized carbons (Fsp3) is 0.278. The van der Waals surface area contributed by atoms with Crippen molar-refractivity contribution >= 4 is 41.3 Å². The highest BCUT2D eigenvalue weighted by Crippen LogP contribution is 2.17. The number of nitrogens with zero attached hydrogens (tertiary/aromatic N) is 1. The Morgan fingerprint density at radius 1 is 1.21 bits per heavy atom. The van der Waals surface area contributed by atoms with Crippen LogP contribution in [0.1, 0.15) is 15.3 Å². The maximum atomic E-state index is 5.67. The minimum Gasteiger partial charge on any atom is -0.489 e. The maximum absolute atomic E-state index is 5.67. The van der Waals surface area contributed by atoms with Gasteiger partial charge in [-0.2, -0.15) is 0 Å². The summed E-state index contributed by atoms with van der Waals surface area (Å²) in [5.74, 6) is 1.64. The van der Waals surface area contributed by atoms with E-state index in [1.54, 1.807) is 24.5 Å². The lowest BCUT2D eigenvalue weighted by atomic mass is 10.2. The van der Waals surface area contributed by atoms with Crippen LogP contribution in [0.3, 0.4) is 0 Å². The normalized spacial score (nSPS) is 10.7. The fourth-order valence-electron chi connectivity index (χ4n) is 2.09. The minimum absolute atomic E-state index is 0. The molecule has 0 aliphatic carbocycles. The summed E-state index contributed by atoms with van der Waals surface area (Å²) in [6, 6.07) is 12.2. The first-order valence-electron chi connectivity index (χ1n) is 7.54. The van der Waals surface area contributed by atoms with Crippen molar-refractivity contribution < 1.29 is 4.74 Å². The van der Waals surface area contributed by atoms with Crippen molar-refractivity contribution in [2.45, 2.75) is 20.0 Å². The zero-order chi connectivity index (χ0) is 16.5. The van der Waals surface area contributed by atoms with Gasteiger partial charge in [-0.3, -0.25) is 4.99 Å². The summed E-state index contributed by atoms with van der Waals surface area (Å²) in [6.45, 7) is 7.71. The predicted octanol–water partition coefficient (Wildman–Crippen LogP) is 4.10. The van der Waals surface area contributed by atoms with E-state index >= 15 is 0 Å². The van der Waals surface area contributed by atoms with Crippen LogP contribution >= 0.6 is 35.3 Å². The third kappa shape index (κ3) is 6.52. The molecule has 0 saturated carbocycles. The standard InChI is InChI=1S/C18H23N3OS.HI/c1-4-11-22-17-8-6-5-7-15(17)12-20-18(19-3)21-13-16-10-9-14(2)23-16;/h4-10H,1,11-13H2,2-3H3,(H2,19,20,21);1H. The van der Waals surface area contributed by atoms with Gasteiger partial charge in [0.05, 0.1) is 6.54 Å². The Hall–Kier alpha value is -1.54. The maximum Gasteiger partial charge on any atom is 0.191 e. The van der Waals surface area contributed by atoms with Crippen LogP contribution in [-0.4, -0.2) is 19.6 Å². The molecule has 0 aliphatic heterocycles. The first-order valence-corrected chi connectivity index (χ1v) is 8.36. The Bertz CT molecular complexity index is 670. The molecule has 0 radical (unpaired) electrons. The van der Waals surface area contributed by atoms with E-state index in [0.29, 0.717) is 13.2 Å². The topological polar surface area (TPSA) is 45.6 Å². The molecule has 0 atom stereocenters. The van der Waals surface area contributed by atoms with E-state index in [0.717, 1.165) is 23.8 Å². The van der Waals surface area contributed by atoms with Crippen LogP contribution in [0.15, 0.2) is 54.0 Å². The molecule has 2 rings (SSSR count). The van der Waals surface area contributed by atoms with Crippen LogP contribution in [0.5, 0.6) is 5.75 Å². The molecular weight excluding hydrogens is 433 g/mol. The lowest BCUT2D eigenvalue weighted by molar-refractivity contribution is 0.358. The smallest absolute Gasteiger partial charge is 0.191 e. The molecule has 0 unspecified atom stereocenters. The molecule has 0 saturated heterocycles. The summed E-state index contributed by atoms with van der Waals surface area (Å²) >= 11 is 1.79. The lowest BCUT2D eigenvalue weighted by Gasteiger charge is -2.14. The predicted molar refractivity (Wildman–Crippen MR) is 114 cm³/mol. The van der Waals surface area contributed by atoms with Gasteiger partial charge in [0, 0.05) is 28.9 Å². The van der Waals surface area contributed by atoms with E-state index in [4.69, 9.17) is 4.74 Å². The van der Waals surface area contributed by atoms with Crippen molar-refractivity contribution in [2.24, 2.45) is 4.99 Å². The number of para-hydroxylation sites is 1. The second-order valence-corrected chi connectivity index (χ2v) is 6.37. The van der Waals surface area contributed by atoms with Crippen LogP contribution in [0.4, 0.5) is 0 Å². The Balaban J connectivity index is 0.00000288. The van der Waals surface area contributed by atoms with E-state index in [9.17, 15) is 0 Å². The number of hydrogen-bond acceptors (Lipinski definition) is 3. The SMILES string of the molecule is C=CCOc1ccccc1CNC(=NC)NCc1ccc(C)s1.I. The Kier molecular flexibility index (Phi) is 9.48. The molecule has 2 aromatic rings. The zero-order valence-electron chi connectivity index (χ0n) is 14.0. The number of guanidine groups is 1. The molecule has 130 valence electrons. The van der Waals surface area contributed by atoms with Crippen molar-refractivity contribution in [3.8, 4) is 5.75 Å². The third-order valence-corrected chi connectivity index (χ3v) is 4.23. The average Bonchev–Trinajstić information content (AvgIpc) is 2.99. The van der Waals surface area contributed by atoms with Crippen molar-refractivity contribution in [3.05, 3.63) is 64.4 Å². The van der Waals surface area contributed by atoms with Crippen molar-refractivity contribution in [1.29, 1.82) is 0 Å². The summed E-state index contributed by atoms with van der Waals surface area (Å²) in [5.41, 5.74) is 1.09. The Morgan fingerprint density at radius 2 is 1.96 bits per heavy atom. The number of ether oxygens (including phenoxy) is 1. The zero-order valence-corrected chi connectivity index (χ0v) is 17.2. The second kappa shape index (κ2) is 11.1. The Morgan fingerprint density at radius 3 is 2.62 bits per heavy atom. The number of nitrogens with one attached hydrogen (secondary N) is 2. The molecule has 6 heteroatoms. The molecule has 0 bridgehead atoms. The van der Waals surface area contributed by atoms with Gasteiger partial charge in [-0.1, -0.05) is 30.9 Å². The van der Waals surface area contributed by atoms with Crippen LogP contribution in [0, 0.1) is 6.92 Å². The fourth-order valence-corrected chi connectivity index (χ4v) is 2.92. The van der Waals surface area contributed by atoms with Crippen LogP contribution < -0.4 is 15.4 Å². The molecule has 2 N–H and O–H groups in total. The summed E-state index contributed by atoms with van der Waals surface area (Å²) in [5, 5.41) is 6.64. The van der Waals surface area contributed by atoms with E-state index in [2.05, 4.69) is 41.3 Å². The van der Waals surface area contributed by atoms with Gasteiger partial charge < -0.3 is 15.4 Å². The summed E-state index contributed by atoms with van der Waals surface area (Å²) in [4.78, 5) is 6.87. The lowest BCUT2D eigenvalue weighted by Crippen LogP contribution is -2.36. The third-order valence-electron chi connectivity index (χ3n) is 3.23. The molecule has 0 spiro atoms. The number of aryl methyl sites for hydroxylation is 1. The number of aliphatic imine (C=N–C) groups is 1. The van der Waals surface area contributed by atoms with Crippen molar-refractivity contribution in [1.82, 2.24) is 10.6 Å². The van der Waals surface area contributed by atoms with Gasteiger partial charge in [-0.15, -0.1) is 35.3 Å². The van der Waals surface area contributed by atoms with E-state index in [-0.39, 0.29) is 24.0 Å². The molecule has 0 aliphatic rings. The van der Waals surface area contributed by atoms with Gasteiger partial charge in [-0.05, 0) is 25.1 Å². The number of thiophene rings is 1. The quantitative estimate of drug-likeness (QED) is 0.285. The first-order chi connectivity index (χ1) is 11.2. The van der Waals surface area contributed by atoms with E-state index in [1.807, 2.05) is 24.3 Å². The molecule has 1 aromatic heterocycles. The summed E-state index contributed by atoms with van der Waals surface area (Å²) in [6.07, 6.45) is 1.74. The summed E-state index contributed by atoms with van der Waals surface area (Å²) < 4.78 is 5.67. The van der Waals surface area contributed by atoms with E-state index < -0.39 is 0 Å². The van der Waals surface area contributed by atoms with Gasteiger partial charge >= 0.3 is 0 Å². The molecule has 1 aromatic carbocycles. The van der Waals surface area contributed by atoms with Gasteiger partial charge in [-0.25, -0.2) is 0 Å². The highest BCUT2D eigenvalue weighted by molar-refractivity contribution is 14.0. The molecule has 0 fully saturated rings. The molecule has 0 amide bonds. The van der Waals surface area contributed by atoms with Gasteiger partial charge in [0.1, 0.15) is 12.4 Å². The van der Waals surface area contributed by atoms with Crippen molar-refractivity contribution in [3.63, 3.8) is 0 Å². The molecule has 24 heavy (non-hydrogen) atoms. The largest absolute Gasteiger partial charge is 0.489 e. The second-order valence-electron chi connectivity index (χ2n) is 5.00. The molecule has 4 nitrogen and oxygen atoms in total. The van der Waals surface area contributed by atoms with Crippen LogP contribution in [0.2, 0.25) is 0 Å². The summed E-state index contributed by atoms with van der Waals surface area (Å²) in [7, 11) is 1.77. The highest BCUT2D eigenvalue weighted by Gasteiger charge is 2.04.